The van der Waals surface area contributed by atoms with E-state index in [-0.39, 0.29) is 11.9 Å². The van der Waals surface area contributed by atoms with Crippen molar-refractivity contribution in [3.05, 3.63) is 53.3 Å². The molecule has 118 valence electrons. The van der Waals surface area contributed by atoms with E-state index in [2.05, 4.69) is 0 Å². The third-order valence-electron chi connectivity index (χ3n) is 3.26. The summed E-state index contributed by atoms with van der Waals surface area (Å²) < 4.78 is 6.62. The molecule has 1 heterocycles. The molecule has 0 unspecified atom stereocenters. The van der Waals surface area contributed by atoms with Crippen LogP contribution in [0, 0.1) is 11.3 Å². The minimum Gasteiger partial charge on any atom is -0.462 e. The molecular formula is C17H17N3O3. The topological polar surface area (TPSA) is 75.3 Å². The van der Waals surface area contributed by atoms with Gasteiger partial charge in [0.2, 0.25) is 0 Å². The minimum atomic E-state index is -0.382. The monoisotopic (exact) mass is 311 g/mol. The summed E-state index contributed by atoms with van der Waals surface area (Å²) in [6.45, 7) is 2.07. The lowest BCUT2D eigenvalue weighted by Crippen LogP contribution is -2.21. The van der Waals surface area contributed by atoms with Crippen LogP contribution in [0.1, 0.15) is 33.2 Å². The average Bonchev–Trinajstić information content (AvgIpc) is 2.98. The van der Waals surface area contributed by atoms with Crippen LogP contribution < -0.4 is 0 Å². The van der Waals surface area contributed by atoms with E-state index < -0.39 is 0 Å². The maximum atomic E-state index is 12.1. The lowest BCUT2D eigenvalue weighted by atomic mass is 10.2. The van der Waals surface area contributed by atoms with Crippen molar-refractivity contribution < 1.29 is 14.3 Å². The Bertz CT molecular complexity index is 767. The molecule has 0 N–H and O–H groups in total. The highest BCUT2D eigenvalue weighted by Crippen LogP contribution is 2.17. The predicted octanol–water partition coefficient (Wildman–Crippen LogP) is 2.23. The third kappa shape index (κ3) is 3.40. The molecule has 0 atom stereocenters. The van der Waals surface area contributed by atoms with Crippen molar-refractivity contribution >= 4 is 11.9 Å². The molecule has 0 aliphatic carbocycles. The van der Waals surface area contributed by atoms with Crippen LogP contribution in [-0.4, -0.2) is 42.0 Å². The van der Waals surface area contributed by atoms with Gasteiger partial charge in [-0.25, -0.2) is 4.79 Å². The highest BCUT2D eigenvalue weighted by Gasteiger charge is 2.17. The minimum absolute atomic E-state index is 0.233. The molecule has 2 rings (SSSR count). The van der Waals surface area contributed by atoms with E-state index >= 15 is 0 Å². The number of rotatable bonds is 4. The highest BCUT2D eigenvalue weighted by atomic mass is 16.5. The predicted molar refractivity (Wildman–Crippen MR) is 84.5 cm³/mol. The molecule has 0 saturated carbocycles. The first kappa shape index (κ1) is 16.3. The number of carbonyl (C=O) groups is 2. The van der Waals surface area contributed by atoms with Crippen molar-refractivity contribution in [2.24, 2.45) is 0 Å². The lowest BCUT2D eigenvalue weighted by molar-refractivity contribution is 0.0526. The van der Waals surface area contributed by atoms with Crippen molar-refractivity contribution in [3.8, 4) is 11.8 Å². The van der Waals surface area contributed by atoms with Gasteiger partial charge in [-0.3, -0.25) is 4.79 Å². The van der Waals surface area contributed by atoms with Crippen LogP contribution >= 0.6 is 0 Å². The van der Waals surface area contributed by atoms with E-state index in [4.69, 9.17) is 4.74 Å². The highest BCUT2D eigenvalue weighted by molar-refractivity contribution is 5.96. The van der Waals surface area contributed by atoms with Crippen molar-refractivity contribution in [2.75, 3.05) is 20.7 Å². The molecule has 23 heavy (non-hydrogen) atoms. The van der Waals surface area contributed by atoms with E-state index in [0.29, 0.717) is 23.3 Å². The van der Waals surface area contributed by atoms with Crippen LogP contribution in [0.4, 0.5) is 0 Å². The normalized spacial score (nSPS) is 10.0. The number of nitrogens with zero attached hydrogens (tertiary/aromatic N) is 3. The maximum Gasteiger partial charge on any atom is 0.338 e. The zero-order valence-electron chi connectivity index (χ0n) is 13.2. The first-order valence-corrected chi connectivity index (χ1v) is 7.09. The van der Waals surface area contributed by atoms with Gasteiger partial charge in [0.1, 0.15) is 6.07 Å². The number of aromatic nitrogens is 1. The third-order valence-corrected chi connectivity index (χ3v) is 3.26. The van der Waals surface area contributed by atoms with Crippen LogP contribution in [0.25, 0.3) is 5.69 Å². The number of esters is 1. The van der Waals surface area contributed by atoms with Gasteiger partial charge in [0.25, 0.3) is 5.91 Å². The molecule has 6 nitrogen and oxygen atoms in total. The fraction of sp³-hybridized carbons (Fsp3) is 0.235. The number of ether oxygens (including phenoxy) is 1. The standard InChI is InChI=1S/C17H17N3O3/c1-4-23-17(22)12-5-7-14(8-6-12)20-10-13(9-18)15(11-20)16(21)19(2)3/h5-8,10-11H,4H2,1-3H3. The molecule has 2 aromatic rings. The van der Waals surface area contributed by atoms with Gasteiger partial charge in [-0.2, -0.15) is 5.26 Å². The van der Waals surface area contributed by atoms with Gasteiger partial charge in [0.15, 0.2) is 0 Å². The van der Waals surface area contributed by atoms with E-state index in [0.717, 1.165) is 5.69 Å². The molecule has 0 bridgehead atoms. The molecule has 0 saturated heterocycles. The molecule has 0 aliphatic rings. The number of amides is 1. The first-order chi connectivity index (χ1) is 11.0. The summed E-state index contributed by atoms with van der Waals surface area (Å²) in [6.07, 6.45) is 3.20. The number of carbonyl (C=O) groups excluding carboxylic acids is 2. The number of hydrogen-bond acceptors (Lipinski definition) is 4. The Morgan fingerprint density at radius 2 is 1.87 bits per heavy atom. The Morgan fingerprint density at radius 1 is 1.22 bits per heavy atom. The molecule has 0 spiro atoms. The van der Waals surface area contributed by atoms with Gasteiger partial charge >= 0.3 is 5.97 Å². The van der Waals surface area contributed by atoms with E-state index in [1.165, 1.54) is 4.90 Å². The van der Waals surface area contributed by atoms with E-state index in [1.807, 2.05) is 6.07 Å². The van der Waals surface area contributed by atoms with Crippen molar-refractivity contribution in [3.63, 3.8) is 0 Å². The lowest BCUT2D eigenvalue weighted by Gasteiger charge is -2.08. The number of nitriles is 1. The average molecular weight is 311 g/mol. The van der Waals surface area contributed by atoms with Gasteiger partial charge in [0, 0.05) is 32.2 Å². The molecule has 0 aliphatic heterocycles. The van der Waals surface area contributed by atoms with Gasteiger partial charge in [0.05, 0.1) is 23.3 Å². The summed E-state index contributed by atoms with van der Waals surface area (Å²) in [6, 6.07) is 8.78. The smallest absolute Gasteiger partial charge is 0.338 e. The van der Waals surface area contributed by atoms with Crippen LogP contribution in [0.3, 0.4) is 0 Å². The Hall–Kier alpha value is -3.07. The maximum absolute atomic E-state index is 12.1. The number of hydrogen-bond donors (Lipinski definition) is 0. The molecule has 0 fully saturated rings. The molecule has 0 radical (unpaired) electrons. The van der Waals surface area contributed by atoms with Crippen molar-refractivity contribution in [1.82, 2.24) is 9.47 Å². The van der Waals surface area contributed by atoms with Crippen LogP contribution in [0.15, 0.2) is 36.7 Å². The number of benzene rings is 1. The summed E-state index contributed by atoms with van der Waals surface area (Å²) in [5.41, 5.74) is 1.84. The summed E-state index contributed by atoms with van der Waals surface area (Å²) in [7, 11) is 3.27. The van der Waals surface area contributed by atoms with E-state index in [9.17, 15) is 14.9 Å². The van der Waals surface area contributed by atoms with Crippen LogP contribution in [0.2, 0.25) is 0 Å². The van der Waals surface area contributed by atoms with Gasteiger partial charge in [-0.15, -0.1) is 0 Å². The Labute approximate surface area is 134 Å². The Morgan fingerprint density at radius 3 is 2.39 bits per heavy atom. The second-order valence-corrected chi connectivity index (χ2v) is 5.07. The van der Waals surface area contributed by atoms with Crippen LogP contribution in [-0.2, 0) is 4.74 Å². The summed E-state index contributed by atoms with van der Waals surface area (Å²) in [5.74, 6) is -0.615. The zero-order valence-corrected chi connectivity index (χ0v) is 13.2. The van der Waals surface area contributed by atoms with Gasteiger partial charge in [-0.05, 0) is 31.2 Å². The second kappa shape index (κ2) is 6.79. The van der Waals surface area contributed by atoms with Crippen molar-refractivity contribution in [1.29, 1.82) is 5.26 Å². The molecule has 1 amide bonds. The first-order valence-electron chi connectivity index (χ1n) is 7.09. The van der Waals surface area contributed by atoms with Gasteiger partial charge in [-0.1, -0.05) is 0 Å². The quantitative estimate of drug-likeness (QED) is 0.811. The summed E-state index contributed by atoms with van der Waals surface area (Å²) >= 11 is 0. The van der Waals surface area contributed by atoms with Crippen molar-refractivity contribution in [2.45, 2.75) is 6.92 Å². The fourth-order valence-electron chi connectivity index (χ4n) is 2.09. The zero-order chi connectivity index (χ0) is 17.0. The molecule has 6 heteroatoms. The molecular weight excluding hydrogens is 294 g/mol. The second-order valence-electron chi connectivity index (χ2n) is 5.07. The fourth-order valence-corrected chi connectivity index (χ4v) is 2.09. The molecule has 1 aromatic heterocycles. The van der Waals surface area contributed by atoms with E-state index in [1.54, 1.807) is 62.2 Å². The summed E-state index contributed by atoms with van der Waals surface area (Å²) in [4.78, 5) is 25.1. The Kier molecular flexibility index (Phi) is 4.82. The van der Waals surface area contributed by atoms with Crippen LogP contribution in [0.5, 0.6) is 0 Å². The summed E-state index contributed by atoms with van der Waals surface area (Å²) in [5, 5.41) is 9.19. The SMILES string of the molecule is CCOC(=O)c1ccc(-n2cc(C#N)c(C(=O)N(C)C)c2)cc1. The van der Waals surface area contributed by atoms with Gasteiger partial charge < -0.3 is 14.2 Å². The Balaban J connectivity index is 2.34. The largest absolute Gasteiger partial charge is 0.462 e. The molecule has 1 aromatic carbocycles.